The fourth-order valence-corrected chi connectivity index (χ4v) is 1.14. The van der Waals surface area contributed by atoms with Crippen LogP contribution < -0.4 is 16.0 Å². The van der Waals surface area contributed by atoms with Gasteiger partial charge in [0.15, 0.2) is 0 Å². The van der Waals surface area contributed by atoms with E-state index in [9.17, 15) is 19.2 Å². The van der Waals surface area contributed by atoms with Crippen LogP contribution in [0.3, 0.4) is 0 Å². The Morgan fingerprint density at radius 3 is 2.05 bits per heavy atom. The van der Waals surface area contributed by atoms with Crippen molar-refractivity contribution in [2.75, 3.05) is 19.7 Å². The average molecular weight is 319 g/mol. The lowest BCUT2D eigenvalue weighted by atomic mass is 10.2. The molecule has 0 radical (unpaired) electrons. The number of nitrogens with one attached hydrogen (secondary N) is 3. The predicted octanol–water partition coefficient (Wildman–Crippen LogP) is -1.81. The molecule has 0 saturated carbocycles. The van der Waals surface area contributed by atoms with Crippen molar-refractivity contribution in [3.8, 4) is 0 Å². The van der Waals surface area contributed by atoms with E-state index in [0.29, 0.717) is 0 Å². The third kappa shape index (κ3) is 9.53. The van der Waals surface area contributed by atoms with Crippen LogP contribution in [0.5, 0.6) is 0 Å². The molecule has 0 aliphatic carbocycles. The molecule has 0 unspecified atom stereocenters. The molecular weight excluding hydrogens is 298 g/mol. The van der Waals surface area contributed by atoms with Crippen molar-refractivity contribution in [3.05, 3.63) is 0 Å². The Labute approximate surface area is 127 Å². The number of aliphatic carboxylic acids is 1. The van der Waals surface area contributed by atoms with Crippen LogP contribution in [0.25, 0.3) is 0 Å². The number of carbonyl (C=O) groups is 4. The molecule has 0 fully saturated rings. The van der Waals surface area contributed by atoms with E-state index in [4.69, 9.17) is 14.9 Å². The highest BCUT2D eigenvalue weighted by Crippen LogP contribution is 2.05. The van der Waals surface area contributed by atoms with Gasteiger partial charge in [0.1, 0.15) is 18.2 Å². The molecule has 0 aromatic carbocycles. The van der Waals surface area contributed by atoms with Crippen molar-refractivity contribution < 1.29 is 34.1 Å². The van der Waals surface area contributed by atoms with Gasteiger partial charge < -0.3 is 30.9 Å². The minimum atomic E-state index is -1.44. The number of alkyl carbamates (subject to hydrolysis) is 1. The zero-order valence-corrected chi connectivity index (χ0v) is 12.6. The van der Waals surface area contributed by atoms with Gasteiger partial charge in [-0.1, -0.05) is 0 Å². The van der Waals surface area contributed by atoms with E-state index < -0.39 is 55.2 Å². The second-order valence-electron chi connectivity index (χ2n) is 5.27. The van der Waals surface area contributed by atoms with Crippen molar-refractivity contribution in [2.45, 2.75) is 32.4 Å². The largest absolute Gasteiger partial charge is 0.480 e. The first-order chi connectivity index (χ1) is 10.0. The summed E-state index contributed by atoms with van der Waals surface area (Å²) in [5.74, 6) is -2.84. The molecule has 0 spiro atoms. The van der Waals surface area contributed by atoms with Gasteiger partial charge in [-0.25, -0.2) is 9.59 Å². The summed E-state index contributed by atoms with van der Waals surface area (Å²) in [7, 11) is 0. The summed E-state index contributed by atoms with van der Waals surface area (Å²) in [4.78, 5) is 44.6. The molecule has 0 aromatic heterocycles. The SMILES string of the molecule is CC(C)(C)OC(=O)NCC(=O)NCC(=O)N[C@@H](CO)C(=O)O. The third-order valence-electron chi connectivity index (χ3n) is 2.05. The van der Waals surface area contributed by atoms with Gasteiger partial charge in [0.25, 0.3) is 0 Å². The first kappa shape index (κ1) is 19.6. The van der Waals surface area contributed by atoms with Gasteiger partial charge in [-0.15, -0.1) is 0 Å². The maximum atomic E-state index is 11.4. The number of carbonyl (C=O) groups excluding carboxylic acids is 3. The number of carboxylic acids is 1. The Morgan fingerprint density at radius 2 is 1.59 bits per heavy atom. The van der Waals surface area contributed by atoms with Crippen molar-refractivity contribution in [2.24, 2.45) is 0 Å². The highest BCUT2D eigenvalue weighted by Gasteiger charge is 2.19. The van der Waals surface area contributed by atoms with Gasteiger partial charge in [0.05, 0.1) is 13.2 Å². The minimum Gasteiger partial charge on any atom is -0.480 e. The predicted molar refractivity (Wildman–Crippen MR) is 73.9 cm³/mol. The normalized spacial score (nSPS) is 12.0. The van der Waals surface area contributed by atoms with Crippen LogP contribution in [0.4, 0.5) is 4.79 Å². The van der Waals surface area contributed by atoms with Gasteiger partial charge in [0.2, 0.25) is 11.8 Å². The average Bonchev–Trinajstić information content (AvgIpc) is 2.37. The smallest absolute Gasteiger partial charge is 0.408 e. The van der Waals surface area contributed by atoms with E-state index >= 15 is 0 Å². The molecule has 22 heavy (non-hydrogen) atoms. The van der Waals surface area contributed by atoms with Gasteiger partial charge in [-0.2, -0.15) is 0 Å². The highest BCUT2D eigenvalue weighted by molar-refractivity contribution is 5.89. The maximum absolute atomic E-state index is 11.4. The maximum Gasteiger partial charge on any atom is 0.408 e. The number of carboxylic acid groups (broad SMARTS) is 1. The topological polar surface area (TPSA) is 154 Å². The summed E-state index contributed by atoms with van der Waals surface area (Å²) in [5, 5.41) is 23.7. The van der Waals surface area contributed by atoms with Crippen molar-refractivity contribution in [1.82, 2.24) is 16.0 Å². The van der Waals surface area contributed by atoms with E-state index in [2.05, 4.69) is 10.6 Å². The molecule has 3 amide bonds. The summed E-state index contributed by atoms with van der Waals surface area (Å²) in [6, 6.07) is -1.44. The lowest BCUT2D eigenvalue weighted by Gasteiger charge is -2.19. The van der Waals surface area contributed by atoms with E-state index in [1.807, 2.05) is 5.32 Å². The molecule has 0 heterocycles. The van der Waals surface area contributed by atoms with Gasteiger partial charge in [-0.05, 0) is 20.8 Å². The molecule has 0 saturated heterocycles. The van der Waals surface area contributed by atoms with Crippen LogP contribution in [0, 0.1) is 0 Å². The van der Waals surface area contributed by atoms with Crippen LogP contribution in [0.1, 0.15) is 20.8 Å². The third-order valence-corrected chi connectivity index (χ3v) is 2.05. The van der Waals surface area contributed by atoms with Crippen molar-refractivity contribution in [1.29, 1.82) is 0 Å². The lowest BCUT2D eigenvalue weighted by molar-refractivity contribution is -0.142. The summed E-state index contributed by atoms with van der Waals surface area (Å²) < 4.78 is 4.90. The highest BCUT2D eigenvalue weighted by atomic mass is 16.6. The molecule has 10 nitrogen and oxygen atoms in total. The van der Waals surface area contributed by atoms with Crippen LogP contribution >= 0.6 is 0 Å². The quantitative estimate of drug-likeness (QED) is 0.370. The fourth-order valence-electron chi connectivity index (χ4n) is 1.14. The number of ether oxygens (including phenoxy) is 1. The summed E-state index contributed by atoms with van der Waals surface area (Å²) in [5.41, 5.74) is -0.698. The van der Waals surface area contributed by atoms with Crippen LogP contribution in [-0.2, 0) is 19.1 Å². The summed E-state index contributed by atoms with van der Waals surface area (Å²) in [6.45, 7) is 3.34. The molecule has 0 aliphatic heterocycles. The number of aliphatic hydroxyl groups is 1. The van der Waals surface area contributed by atoms with Gasteiger partial charge in [-0.3, -0.25) is 9.59 Å². The Hall–Kier alpha value is -2.36. The number of rotatable bonds is 7. The van der Waals surface area contributed by atoms with Crippen LogP contribution in [0.15, 0.2) is 0 Å². The fraction of sp³-hybridized carbons (Fsp3) is 0.667. The number of hydrogen-bond donors (Lipinski definition) is 5. The molecule has 10 heteroatoms. The van der Waals surface area contributed by atoms with E-state index in [1.165, 1.54) is 0 Å². The standard InChI is InChI=1S/C12H21N3O7/c1-12(2,3)22-11(21)14-4-8(17)13-5-9(18)15-7(6-16)10(19)20/h7,16H,4-6H2,1-3H3,(H,13,17)(H,14,21)(H,15,18)(H,19,20)/t7-/m0/s1. The number of aliphatic hydroxyl groups excluding tert-OH is 1. The van der Waals surface area contributed by atoms with E-state index in [0.717, 1.165) is 0 Å². The molecule has 0 rings (SSSR count). The van der Waals surface area contributed by atoms with E-state index in [-0.39, 0.29) is 0 Å². The summed E-state index contributed by atoms with van der Waals surface area (Å²) >= 11 is 0. The van der Waals surface area contributed by atoms with Crippen LogP contribution in [0.2, 0.25) is 0 Å². The summed E-state index contributed by atoms with van der Waals surface area (Å²) in [6.07, 6.45) is -0.779. The molecule has 0 aromatic rings. The van der Waals surface area contributed by atoms with Crippen molar-refractivity contribution in [3.63, 3.8) is 0 Å². The molecule has 5 N–H and O–H groups in total. The zero-order valence-electron chi connectivity index (χ0n) is 12.6. The van der Waals surface area contributed by atoms with Gasteiger partial charge in [0, 0.05) is 0 Å². The Balaban J connectivity index is 4.01. The zero-order chi connectivity index (χ0) is 17.3. The molecule has 126 valence electrons. The van der Waals surface area contributed by atoms with Crippen LogP contribution in [-0.4, -0.2) is 65.4 Å². The van der Waals surface area contributed by atoms with E-state index in [1.54, 1.807) is 20.8 Å². The second kappa shape index (κ2) is 8.82. The monoisotopic (exact) mass is 319 g/mol. The molecule has 0 aliphatic rings. The minimum absolute atomic E-state index is 0.398. The second-order valence-corrected chi connectivity index (χ2v) is 5.27. The molecule has 1 atom stereocenters. The number of hydrogen-bond acceptors (Lipinski definition) is 6. The van der Waals surface area contributed by atoms with Gasteiger partial charge >= 0.3 is 12.1 Å². The Morgan fingerprint density at radius 1 is 1.05 bits per heavy atom. The molecule has 0 bridgehead atoms. The Kier molecular flexibility index (Phi) is 7.88. The van der Waals surface area contributed by atoms with Crippen molar-refractivity contribution >= 4 is 23.9 Å². The first-order valence-corrected chi connectivity index (χ1v) is 6.41. The Bertz CT molecular complexity index is 431. The lowest BCUT2D eigenvalue weighted by Crippen LogP contribution is -2.48. The first-order valence-electron chi connectivity index (χ1n) is 6.41. The molecular formula is C12H21N3O7. The number of amides is 3.